The molecule has 0 aliphatic rings. The lowest BCUT2D eigenvalue weighted by atomic mass is 9.93. The topological polar surface area (TPSA) is 24.7 Å². The Labute approximate surface area is 309 Å². The van der Waals surface area contributed by atoms with Crippen molar-refractivity contribution in [2.45, 2.75) is 19.9 Å². The molecule has 0 bridgehead atoms. The number of fused-ring (bicyclic) bond motifs is 3. The Kier molecular flexibility index (Phi) is 9.27. The van der Waals surface area contributed by atoms with E-state index in [1.54, 1.807) is 0 Å². The van der Waals surface area contributed by atoms with Crippen molar-refractivity contribution in [2.24, 2.45) is 9.98 Å². The zero-order chi connectivity index (χ0) is 35.4. The van der Waals surface area contributed by atoms with Crippen LogP contribution in [-0.4, -0.2) is 11.5 Å². The maximum absolute atomic E-state index is 5.30. The Morgan fingerprint density at radius 1 is 0.481 bits per heavy atom. The lowest BCUT2D eigenvalue weighted by Crippen LogP contribution is -2.07. The number of amidine groups is 1. The van der Waals surface area contributed by atoms with Crippen molar-refractivity contribution < 1.29 is 0 Å². The van der Waals surface area contributed by atoms with Crippen molar-refractivity contribution in [1.82, 2.24) is 0 Å². The van der Waals surface area contributed by atoms with Gasteiger partial charge in [-0.3, -0.25) is 4.99 Å². The molecule has 0 radical (unpaired) electrons. The predicted octanol–water partition coefficient (Wildman–Crippen LogP) is 13.6. The maximum Gasteiger partial charge on any atom is 0.155 e. The van der Waals surface area contributed by atoms with Gasteiger partial charge in [-0.05, 0) is 88.7 Å². The Balaban J connectivity index is 1.20. The van der Waals surface area contributed by atoms with Crippen LogP contribution in [0.2, 0.25) is 0 Å². The number of aliphatic imine (C=N–C) groups is 2. The van der Waals surface area contributed by atoms with Gasteiger partial charge in [-0.15, -0.1) is 11.3 Å². The molecule has 8 aromatic rings. The van der Waals surface area contributed by atoms with E-state index in [0.717, 1.165) is 28.0 Å². The minimum absolute atomic E-state index is 0.246. The molecule has 0 spiro atoms. The summed E-state index contributed by atoms with van der Waals surface area (Å²) in [6.07, 6.45) is 0. The average molecular weight is 687 g/mol. The smallest absolute Gasteiger partial charge is 0.155 e. The molecule has 0 fully saturated rings. The number of hydrogen-bond acceptors (Lipinski definition) is 2. The van der Waals surface area contributed by atoms with Crippen molar-refractivity contribution in [1.29, 1.82) is 0 Å². The Morgan fingerprint density at radius 2 is 0.962 bits per heavy atom. The number of nitrogens with zero attached hydrogens (tertiary/aromatic N) is 2. The van der Waals surface area contributed by atoms with E-state index >= 15 is 0 Å². The Morgan fingerprint density at radius 3 is 1.52 bits per heavy atom. The fourth-order valence-corrected chi connectivity index (χ4v) is 7.98. The molecule has 8 rings (SSSR count). The standard InChI is InChI=1S/C49H38N2S/c1-33(2)48(51-49(38-22-14-7-15-23-38)50-34(3)35-16-8-4-9-17-35)40-25-27-45-44-26-24-39(31-46(44)52-47(45)32-40)43-29-41(36-18-10-5-11-19-36)28-42(30-43)37-20-12-6-13-21-37/h4-32,48H,1H2,2-3H3/b50-34+,51-49-. The third-order valence-electron chi connectivity index (χ3n) is 9.51. The molecule has 2 nitrogen and oxygen atoms in total. The monoisotopic (exact) mass is 686 g/mol. The van der Waals surface area contributed by atoms with Crippen LogP contribution in [0.5, 0.6) is 0 Å². The number of rotatable bonds is 8. The molecule has 1 atom stereocenters. The van der Waals surface area contributed by atoms with E-state index in [4.69, 9.17) is 9.98 Å². The summed E-state index contributed by atoms with van der Waals surface area (Å²) in [7, 11) is 0. The first-order chi connectivity index (χ1) is 25.5. The highest BCUT2D eigenvalue weighted by Crippen LogP contribution is 2.40. The largest absolute Gasteiger partial charge is 0.253 e. The summed E-state index contributed by atoms with van der Waals surface area (Å²) in [6.45, 7) is 8.49. The summed E-state index contributed by atoms with van der Waals surface area (Å²) >= 11 is 1.83. The highest BCUT2D eigenvalue weighted by atomic mass is 32.1. The van der Waals surface area contributed by atoms with Gasteiger partial charge in [0.05, 0.1) is 6.04 Å². The van der Waals surface area contributed by atoms with Crippen LogP contribution < -0.4 is 0 Å². The first-order valence-electron chi connectivity index (χ1n) is 17.6. The Hall–Kier alpha value is -6.16. The summed E-state index contributed by atoms with van der Waals surface area (Å²) in [5, 5.41) is 2.52. The van der Waals surface area contributed by atoms with Crippen LogP contribution in [0, 0.1) is 0 Å². The molecule has 0 aliphatic heterocycles. The molecule has 0 amide bonds. The second-order valence-corrected chi connectivity index (χ2v) is 14.3. The molecule has 52 heavy (non-hydrogen) atoms. The van der Waals surface area contributed by atoms with Gasteiger partial charge in [-0.1, -0.05) is 158 Å². The van der Waals surface area contributed by atoms with Crippen molar-refractivity contribution in [3.05, 3.63) is 205 Å². The van der Waals surface area contributed by atoms with Crippen LogP contribution in [-0.2, 0) is 0 Å². The van der Waals surface area contributed by atoms with Crippen LogP contribution in [0.15, 0.2) is 198 Å². The van der Waals surface area contributed by atoms with E-state index in [0.29, 0.717) is 5.84 Å². The SMILES string of the molecule is C=C(C)C(/N=C(\N=C(/C)c1ccccc1)c1ccccc1)c1ccc2c(c1)sc1cc(-c3cc(-c4ccccc4)cc(-c4ccccc4)c3)ccc12. The molecule has 0 N–H and O–H groups in total. The van der Waals surface area contributed by atoms with Crippen LogP contribution in [0.1, 0.15) is 36.6 Å². The van der Waals surface area contributed by atoms with Gasteiger partial charge in [0, 0.05) is 31.4 Å². The van der Waals surface area contributed by atoms with Gasteiger partial charge in [0.1, 0.15) is 0 Å². The van der Waals surface area contributed by atoms with Gasteiger partial charge in [0.15, 0.2) is 5.84 Å². The zero-order valence-corrected chi connectivity index (χ0v) is 30.1. The molecule has 0 saturated heterocycles. The summed E-state index contributed by atoms with van der Waals surface area (Å²) in [6, 6.07) is 62.1. The molecule has 250 valence electrons. The lowest BCUT2D eigenvalue weighted by Gasteiger charge is -2.15. The van der Waals surface area contributed by atoms with Gasteiger partial charge in [0.25, 0.3) is 0 Å². The van der Waals surface area contributed by atoms with Gasteiger partial charge < -0.3 is 0 Å². The van der Waals surface area contributed by atoms with Gasteiger partial charge >= 0.3 is 0 Å². The van der Waals surface area contributed by atoms with Crippen molar-refractivity contribution in [3.63, 3.8) is 0 Å². The first-order valence-corrected chi connectivity index (χ1v) is 18.4. The molecular formula is C49H38N2S. The molecule has 1 heterocycles. The molecular weight excluding hydrogens is 649 g/mol. The quantitative estimate of drug-likeness (QED) is 0.0863. The van der Waals surface area contributed by atoms with Gasteiger partial charge in [-0.2, -0.15) is 0 Å². The summed E-state index contributed by atoms with van der Waals surface area (Å²) in [4.78, 5) is 10.4. The van der Waals surface area contributed by atoms with Crippen LogP contribution in [0.25, 0.3) is 53.6 Å². The second-order valence-electron chi connectivity index (χ2n) is 13.2. The van der Waals surface area contributed by atoms with Crippen molar-refractivity contribution >= 4 is 43.1 Å². The highest BCUT2D eigenvalue weighted by Gasteiger charge is 2.17. The van der Waals surface area contributed by atoms with Gasteiger partial charge in [-0.25, -0.2) is 4.99 Å². The molecule has 0 saturated carbocycles. The number of thiophene rings is 1. The predicted molar refractivity (Wildman–Crippen MR) is 225 cm³/mol. The summed E-state index contributed by atoms with van der Waals surface area (Å²) < 4.78 is 2.50. The lowest BCUT2D eigenvalue weighted by molar-refractivity contribution is 0.852. The minimum atomic E-state index is -0.246. The second kappa shape index (κ2) is 14.6. The molecule has 0 aliphatic carbocycles. The van der Waals surface area contributed by atoms with Crippen LogP contribution >= 0.6 is 11.3 Å². The van der Waals surface area contributed by atoms with Crippen LogP contribution in [0.4, 0.5) is 0 Å². The van der Waals surface area contributed by atoms with E-state index in [1.807, 2.05) is 54.7 Å². The number of hydrogen-bond donors (Lipinski definition) is 0. The molecule has 7 aromatic carbocycles. The Bertz CT molecular complexity index is 2520. The minimum Gasteiger partial charge on any atom is -0.253 e. The fraction of sp³-hybridized carbons (Fsp3) is 0.0612. The average Bonchev–Trinajstić information content (AvgIpc) is 3.57. The first kappa shape index (κ1) is 33.0. The summed E-state index contributed by atoms with van der Waals surface area (Å²) in [5.74, 6) is 0.698. The highest BCUT2D eigenvalue weighted by molar-refractivity contribution is 7.25. The van der Waals surface area contributed by atoms with E-state index < -0.39 is 0 Å². The van der Waals surface area contributed by atoms with E-state index in [2.05, 4.69) is 153 Å². The molecule has 3 heteroatoms. The number of benzene rings is 7. The van der Waals surface area contributed by atoms with Gasteiger partial charge in [0.2, 0.25) is 0 Å². The maximum atomic E-state index is 5.30. The fourth-order valence-electron chi connectivity index (χ4n) is 6.78. The van der Waals surface area contributed by atoms with E-state index in [1.165, 1.54) is 53.6 Å². The molecule has 1 unspecified atom stereocenters. The van der Waals surface area contributed by atoms with Crippen molar-refractivity contribution in [3.8, 4) is 33.4 Å². The molecule has 1 aromatic heterocycles. The van der Waals surface area contributed by atoms with E-state index in [-0.39, 0.29) is 6.04 Å². The third kappa shape index (κ3) is 6.92. The normalized spacial score (nSPS) is 12.7. The van der Waals surface area contributed by atoms with Crippen LogP contribution in [0.3, 0.4) is 0 Å². The summed E-state index contributed by atoms with van der Waals surface area (Å²) in [5.41, 5.74) is 12.3. The zero-order valence-electron chi connectivity index (χ0n) is 29.3. The van der Waals surface area contributed by atoms with Crippen molar-refractivity contribution in [2.75, 3.05) is 0 Å². The van der Waals surface area contributed by atoms with E-state index in [9.17, 15) is 0 Å². The third-order valence-corrected chi connectivity index (χ3v) is 10.6.